The van der Waals surface area contributed by atoms with Crippen molar-refractivity contribution in [2.24, 2.45) is 4.99 Å². The molecule has 1 aliphatic rings. The van der Waals surface area contributed by atoms with Crippen molar-refractivity contribution in [3.05, 3.63) is 57.6 Å². The second kappa shape index (κ2) is 12.6. The zero-order chi connectivity index (χ0) is 25.4. The fraction of sp³-hybridized carbons (Fsp3) is 0.481. The third-order valence-electron chi connectivity index (χ3n) is 6.04. The van der Waals surface area contributed by atoms with Gasteiger partial charge in [-0.3, -0.25) is 15.1 Å². The zero-order valence-electron chi connectivity index (χ0n) is 21.3. The fourth-order valence-corrected chi connectivity index (χ4v) is 4.81. The number of rotatable bonds is 12. The summed E-state index contributed by atoms with van der Waals surface area (Å²) in [5.74, 6) is 0. The summed E-state index contributed by atoms with van der Waals surface area (Å²) in [5, 5.41) is 15.4. The molecule has 1 aliphatic heterocycles. The fourth-order valence-electron chi connectivity index (χ4n) is 4.64. The molecule has 0 aliphatic carbocycles. The van der Waals surface area contributed by atoms with E-state index in [1.165, 1.54) is 0 Å². The third kappa shape index (κ3) is 6.17. The van der Waals surface area contributed by atoms with Crippen molar-refractivity contribution in [2.75, 3.05) is 47.8 Å². The number of nitrogens with one attached hydrogen (secondary N) is 1. The molecule has 0 saturated heterocycles. The van der Waals surface area contributed by atoms with Gasteiger partial charge < -0.3 is 15.1 Å². The minimum atomic E-state index is -0.333. The van der Waals surface area contributed by atoms with Crippen LogP contribution >= 0.6 is 12.2 Å². The summed E-state index contributed by atoms with van der Waals surface area (Å²) in [6, 6.07) is 11.2. The van der Waals surface area contributed by atoms with E-state index in [0.717, 1.165) is 74.5 Å². The highest BCUT2D eigenvalue weighted by Gasteiger charge is 2.27. The first-order valence-corrected chi connectivity index (χ1v) is 13.1. The minimum Gasteiger partial charge on any atom is -0.371 e. The van der Waals surface area contributed by atoms with Crippen molar-refractivity contribution in [3.8, 4) is 0 Å². The molecule has 7 nitrogen and oxygen atoms in total. The third-order valence-corrected chi connectivity index (χ3v) is 6.27. The molecule has 8 heteroatoms. The summed E-state index contributed by atoms with van der Waals surface area (Å²) < 4.78 is 0. The first-order valence-electron chi connectivity index (χ1n) is 12.7. The van der Waals surface area contributed by atoms with Gasteiger partial charge in [-0.2, -0.15) is 0 Å². The van der Waals surface area contributed by atoms with Crippen molar-refractivity contribution >= 4 is 45.7 Å². The molecule has 0 saturated carbocycles. The molecule has 0 amide bonds. The van der Waals surface area contributed by atoms with Gasteiger partial charge in [0.15, 0.2) is 0 Å². The first-order chi connectivity index (χ1) is 16.9. The number of nitro benzene ring substituents is 1. The molecule has 35 heavy (non-hydrogen) atoms. The highest BCUT2D eigenvalue weighted by molar-refractivity contribution is 7.80. The van der Waals surface area contributed by atoms with Crippen LogP contribution in [0.2, 0.25) is 0 Å². The van der Waals surface area contributed by atoms with Gasteiger partial charge in [0.1, 0.15) is 4.99 Å². The van der Waals surface area contributed by atoms with E-state index < -0.39 is 0 Å². The quantitative estimate of drug-likeness (QED) is 0.208. The van der Waals surface area contributed by atoms with Crippen LogP contribution in [0.5, 0.6) is 0 Å². The Kier molecular flexibility index (Phi) is 9.60. The molecule has 1 N–H and O–H groups in total. The number of anilines is 3. The Morgan fingerprint density at radius 2 is 1.54 bits per heavy atom. The van der Waals surface area contributed by atoms with Crippen LogP contribution < -0.4 is 15.1 Å². The van der Waals surface area contributed by atoms with Crippen molar-refractivity contribution in [1.82, 2.24) is 0 Å². The van der Waals surface area contributed by atoms with E-state index in [2.05, 4.69) is 54.9 Å². The average molecular weight is 496 g/mol. The van der Waals surface area contributed by atoms with E-state index in [1.807, 2.05) is 6.07 Å². The van der Waals surface area contributed by atoms with E-state index >= 15 is 0 Å². The summed E-state index contributed by atoms with van der Waals surface area (Å²) in [6.45, 7) is 12.7. The Balaban J connectivity index is 2.34. The second-order valence-corrected chi connectivity index (χ2v) is 9.34. The monoisotopic (exact) mass is 495 g/mol. The second-order valence-electron chi connectivity index (χ2n) is 8.85. The topological polar surface area (TPSA) is 74.0 Å². The van der Waals surface area contributed by atoms with Crippen LogP contribution in [0, 0.1) is 10.1 Å². The molecule has 0 atom stereocenters. The van der Waals surface area contributed by atoms with Crippen molar-refractivity contribution in [3.63, 3.8) is 0 Å². The molecule has 0 aromatic heterocycles. The maximum atomic E-state index is 11.9. The molecule has 2 aromatic carbocycles. The van der Waals surface area contributed by atoms with E-state index in [1.54, 1.807) is 18.2 Å². The van der Waals surface area contributed by atoms with Gasteiger partial charge in [0.05, 0.1) is 34.1 Å². The number of para-hydroxylation sites is 1. The van der Waals surface area contributed by atoms with E-state index in [0.29, 0.717) is 16.3 Å². The normalized spacial score (nSPS) is 12.9. The number of hydrogen-bond acceptors (Lipinski definition) is 6. The molecule has 0 bridgehead atoms. The van der Waals surface area contributed by atoms with Crippen LogP contribution in [0.3, 0.4) is 0 Å². The number of aliphatic imine (C=N–C) groups is 1. The van der Waals surface area contributed by atoms with Gasteiger partial charge in [0.2, 0.25) is 0 Å². The lowest BCUT2D eigenvalue weighted by Gasteiger charge is -2.31. The number of nitrogens with zero attached hydrogens (tertiary/aromatic N) is 4. The maximum Gasteiger partial charge on any atom is 0.278 e. The number of nitro groups is 1. The zero-order valence-corrected chi connectivity index (χ0v) is 22.2. The lowest BCUT2D eigenvalue weighted by molar-refractivity contribution is -0.385. The number of thiocarbonyl (C=S) groups is 1. The molecule has 0 fully saturated rings. The van der Waals surface area contributed by atoms with Crippen LogP contribution in [0.25, 0.3) is 0 Å². The number of fused-ring (bicyclic) bond motifs is 1. The van der Waals surface area contributed by atoms with E-state index in [9.17, 15) is 10.1 Å². The average Bonchev–Trinajstić information content (AvgIpc) is 3.01. The van der Waals surface area contributed by atoms with Crippen LogP contribution in [0.15, 0.2) is 41.4 Å². The molecule has 2 aromatic rings. The summed E-state index contributed by atoms with van der Waals surface area (Å²) in [5.41, 5.74) is 5.13. The minimum absolute atomic E-state index is 0.0508. The van der Waals surface area contributed by atoms with Crippen molar-refractivity contribution < 1.29 is 4.92 Å². The van der Waals surface area contributed by atoms with Gasteiger partial charge in [-0.25, -0.2) is 0 Å². The Labute approximate surface area is 214 Å². The Morgan fingerprint density at radius 1 is 0.943 bits per heavy atom. The van der Waals surface area contributed by atoms with E-state index in [4.69, 9.17) is 17.2 Å². The lowest BCUT2D eigenvalue weighted by Crippen LogP contribution is -2.29. The van der Waals surface area contributed by atoms with Crippen molar-refractivity contribution in [1.29, 1.82) is 0 Å². The predicted octanol–water partition coefficient (Wildman–Crippen LogP) is 6.44. The van der Waals surface area contributed by atoms with Crippen LogP contribution in [-0.4, -0.2) is 48.3 Å². The van der Waals surface area contributed by atoms with Crippen LogP contribution in [-0.2, 0) is 0 Å². The standard InChI is InChI=1S/C27H37N5O2S/c1-5-13-30(14-6-2)20-17-22-26(21-11-9-10-12-23(21)32(33)34)28-19-25(35)29-27(22)24(18-20)31(15-7-3)16-8-4/h9-12,17-18H,5-8,13-16,19H2,1-4H3,(H,29,35). The van der Waals surface area contributed by atoms with E-state index in [-0.39, 0.29) is 17.2 Å². The molecular weight excluding hydrogens is 458 g/mol. The summed E-state index contributed by atoms with van der Waals surface area (Å²) >= 11 is 5.62. The predicted molar refractivity (Wildman–Crippen MR) is 152 cm³/mol. The molecule has 1 heterocycles. The maximum absolute atomic E-state index is 11.9. The Bertz CT molecular complexity index is 1070. The summed E-state index contributed by atoms with van der Waals surface area (Å²) in [6.07, 6.45) is 4.10. The van der Waals surface area contributed by atoms with Gasteiger partial charge >= 0.3 is 0 Å². The summed E-state index contributed by atoms with van der Waals surface area (Å²) in [7, 11) is 0. The lowest BCUT2D eigenvalue weighted by atomic mass is 9.96. The largest absolute Gasteiger partial charge is 0.371 e. The SMILES string of the molecule is CCCN(CCC)c1cc2c(c(N(CCC)CCC)c1)NC(=S)CN=C2c1ccccc1[N+](=O)[O-]. The Morgan fingerprint density at radius 3 is 2.14 bits per heavy atom. The smallest absolute Gasteiger partial charge is 0.278 e. The highest BCUT2D eigenvalue weighted by atomic mass is 32.1. The molecule has 188 valence electrons. The molecular formula is C27H37N5O2S. The van der Waals surface area contributed by atoms with Crippen molar-refractivity contribution in [2.45, 2.75) is 53.4 Å². The number of benzene rings is 2. The number of hydrogen-bond donors (Lipinski definition) is 1. The van der Waals surface area contributed by atoms with Crippen LogP contribution in [0.4, 0.5) is 22.7 Å². The Hall–Kier alpha value is -3.00. The van der Waals surface area contributed by atoms with Gasteiger partial charge in [0.25, 0.3) is 5.69 Å². The van der Waals surface area contributed by atoms with Gasteiger partial charge in [-0.1, -0.05) is 52.0 Å². The van der Waals surface area contributed by atoms with Crippen LogP contribution in [0.1, 0.15) is 64.5 Å². The first kappa shape index (κ1) is 26.6. The van der Waals surface area contributed by atoms with Gasteiger partial charge in [-0.05, 0) is 43.9 Å². The summed E-state index contributed by atoms with van der Waals surface area (Å²) in [4.78, 5) is 21.8. The van der Waals surface area contributed by atoms with Gasteiger partial charge in [-0.15, -0.1) is 0 Å². The highest BCUT2D eigenvalue weighted by Crippen LogP contribution is 2.39. The van der Waals surface area contributed by atoms with Gasteiger partial charge in [0, 0.05) is 43.5 Å². The molecule has 0 radical (unpaired) electrons. The molecule has 3 rings (SSSR count). The number of benzodiazepines with no additional fused rings is 1. The molecule has 0 spiro atoms. The molecule has 0 unspecified atom stereocenters.